The number of alkyl halides is 3. The van der Waals surface area contributed by atoms with Crippen LogP contribution in [0.3, 0.4) is 0 Å². The van der Waals surface area contributed by atoms with Crippen molar-refractivity contribution in [2.75, 3.05) is 11.9 Å². The number of carbonyl (C=O) groups is 2. The van der Waals surface area contributed by atoms with E-state index in [9.17, 15) is 22.8 Å². The Kier molecular flexibility index (Phi) is 9.08. The highest BCUT2D eigenvalue weighted by molar-refractivity contribution is 7.18. The molecule has 1 aromatic heterocycles. The van der Waals surface area contributed by atoms with Crippen molar-refractivity contribution in [2.45, 2.75) is 38.4 Å². The summed E-state index contributed by atoms with van der Waals surface area (Å²) in [5, 5.41) is 11.2. The fourth-order valence-electron chi connectivity index (χ4n) is 4.08. The predicted octanol–water partition coefficient (Wildman–Crippen LogP) is 6.78. The molecule has 6 nitrogen and oxygen atoms in total. The minimum absolute atomic E-state index is 0.0451. The standard InChI is InChI=1S/C29H27F3N4O2S/c1-20(22-10-6-3-7-11-22)36(26(38)17-12-21-8-4-2-5-9-21)19-18-25(37)33-28-35-34-27(39-28)23-13-15-24(16-14-23)29(30,31)32/h2-11,13-16,20H,12,17-19H2,1H3,(H,33,35,37). The lowest BCUT2D eigenvalue weighted by Gasteiger charge is -2.30. The molecule has 0 saturated carbocycles. The predicted molar refractivity (Wildman–Crippen MR) is 145 cm³/mol. The van der Waals surface area contributed by atoms with E-state index in [1.54, 1.807) is 4.90 Å². The van der Waals surface area contributed by atoms with Gasteiger partial charge in [-0.2, -0.15) is 13.2 Å². The van der Waals surface area contributed by atoms with E-state index in [0.717, 1.165) is 34.6 Å². The molecule has 4 aromatic rings. The van der Waals surface area contributed by atoms with Gasteiger partial charge in [0.15, 0.2) is 0 Å². The fourth-order valence-corrected chi connectivity index (χ4v) is 4.85. The molecule has 0 saturated heterocycles. The van der Waals surface area contributed by atoms with E-state index in [1.165, 1.54) is 12.1 Å². The molecule has 1 atom stereocenters. The van der Waals surface area contributed by atoms with Crippen LogP contribution in [0.25, 0.3) is 10.6 Å². The Morgan fingerprint density at radius 1 is 0.897 bits per heavy atom. The Balaban J connectivity index is 1.38. The molecule has 1 unspecified atom stereocenters. The number of amides is 2. The van der Waals surface area contributed by atoms with E-state index in [4.69, 9.17) is 0 Å². The summed E-state index contributed by atoms with van der Waals surface area (Å²) >= 11 is 1.06. The van der Waals surface area contributed by atoms with Gasteiger partial charge in [0.25, 0.3) is 0 Å². The molecule has 39 heavy (non-hydrogen) atoms. The molecule has 0 aliphatic carbocycles. The highest BCUT2D eigenvalue weighted by Gasteiger charge is 2.30. The third-order valence-electron chi connectivity index (χ3n) is 6.25. The summed E-state index contributed by atoms with van der Waals surface area (Å²) < 4.78 is 38.5. The van der Waals surface area contributed by atoms with Gasteiger partial charge in [-0.25, -0.2) is 0 Å². The molecule has 10 heteroatoms. The van der Waals surface area contributed by atoms with Crippen molar-refractivity contribution in [1.29, 1.82) is 0 Å². The maximum Gasteiger partial charge on any atom is 0.416 e. The lowest BCUT2D eigenvalue weighted by molar-refractivity contribution is -0.137. The van der Waals surface area contributed by atoms with Crippen LogP contribution in [0.4, 0.5) is 18.3 Å². The molecule has 202 valence electrons. The Morgan fingerprint density at radius 3 is 2.18 bits per heavy atom. The number of anilines is 1. The molecule has 0 aliphatic rings. The van der Waals surface area contributed by atoms with Gasteiger partial charge in [-0.3, -0.25) is 9.59 Å². The van der Waals surface area contributed by atoms with Crippen LogP contribution in [0, 0.1) is 0 Å². The molecule has 0 spiro atoms. The summed E-state index contributed by atoms with van der Waals surface area (Å²) in [5.74, 6) is -0.394. The van der Waals surface area contributed by atoms with Crippen molar-refractivity contribution in [2.24, 2.45) is 0 Å². The maximum atomic E-state index is 13.3. The summed E-state index contributed by atoms with van der Waals surface area (Å²) in [6.45, 7) is 2.15. The Bertz CT molecular complexity index is 1380. The highest BCUT2D eigenvalue weighted by atomic mass is 32.1. The van der Waals surface area contributed by atoms with Gasteiger partial charge >= 0.3 is 6.18 Å². The lowest BCUT2D eigenvalue weighted by Crippen LogP contribution is -2.36. The van der Waals surface area contributed by atoms with Crippen molar-refractivity contribution in [3.63, 3.8) is 0 Å². The Morgan fingerprint density at radius 2 is 1.54 bits per heavy atom. The molecule has 0 bridgehead atoms. The number of nitrogens with one attached hydrogen (secondary N) is 1. The maximum absolute atomic E-state index is 13.3. The normalized spacial score (nSPS) is 12.1. The Labute approximate surface area is 228 Å². The lowest BCUT2D eigenvalue weighted by atomic mass is 10.0. The van der Waals surface area contributed by atoms with Gasteiger partial charge < -0.3 is 10.2 Å². The monoisotopic (exact) mass is 552 g/mol. The fraction of sp³-hybridized carbons (Fsp3) is 0.241. The number of aromatic nitrogens is 2. The summed E-state index contributed by atoms with van der Waals surface area (Å²) in [6.07, 6.45) is -3.46. The van der Waals surface area contributed by atoms with Crippen LogP contribution in [-0.2, 0) is 22.2 Å². The topological polar surface area (TPSA) is 75.2 Å². The molecule has 4 rings (SSSR count). The molecule has 1 N–H and O–H groups in total. The zero-order chi connectivity index (χ0) is 27.8. The van der Waals surface area contributed by atoms with Gasteiger partial charge in [-0.05, 0) is 36.6 Å². The molecule has 3 aromatic carbocycles. The zero-order valence-corrected chi connectivity index (χ0v) is 22.0. The van der Waals surface area contributed by atoms with Crippen LogP contribution in [-0.4, -0.2) is 33.5 Å². The highest BCUT2D eigenvalue weighted by Crippen LogP contribution is 2.32. The van der Waals surface area contributed by atoms with E-state index < -0.39 is 11.7 Å². The van der Waals surface area contributed by atoms with Crippen molar-refractivity contribution < 1.29 is 22.8 Å². The van der Waals surface area contributed by atoms with Gasteiger partial charge in [0.1, 0.15) is 5.01 Å². The first kappa shape index (κ1) is 28.0. The summed E-state index contributed by atoms with van der Waals surface area (Å²) in [7, 11) is 0. The van der Waals surface area contributed by atoms with Crippen molar-refractivity contribution in [3.8, 4) is 10.6 Å². The summed E-state index contributed by atoms with van der Waals surface area (Å²) in [4.78, 5) is 27.7. The van der Waals surface area contributed by atoms with E-state index in [1.807, 2.05) is 67.6 Å². The molecule has 0 fully saturated rings. The van der Waals surface area contributed by atoms with Gasteiger partial charge in [0.05, 0.1) is 11.6 Å². The summed E-state index contributed by atoms with van der Waals surface area (Å²) in [5.41, 5.74) is 1.75. The quantitative estimate of drug-likeness (QED) is 0.236. The third-order valence-corrected chi connectivity index (χ3v) is 7.14. The van der Waals surface area contributed by atoms with Gasteiger partial charge in [-0.15, -0.1) is 10.2 Å². The minimum Gasteiger partial charge on any atom is -0.335 e. The van der Waals surface area contributed by atoms with E-state index in [2.05, 4.69) is 15.5 Å². The van der Waals surface area contributed by atoms with Crippen LogP contribution in [0.2, 0.25) is 0 Å². The number of hydrogen-bond donors (Lipinski definition) is 1. The van der Waals surface area contributed by atoms with E-state index >= 15 is 0 Å². The minimum atomic E-state index is -4.42. The van der Waals surface area contributed by atoms with Crippen LogP contribution in [0.1, 0.15) is 42.5 Å². The number of benzene rings is 3. The molecular weight excluding hydrogens is 525 g/mol. The van der Waals surface area contributed by atoms with Crippen LogP contribution in [0.5, 0.6) is 0 Å². The second-order valence-corrected chi connectivity index (χ2v) is 9.92. The second kappa shape index (κ2) is 12.7. The van der Waals surface area contributed by atoms with Crippen LogP contribution < -0.4 is 5.32 Å². The first-order chi connectivity index (χ1) is 18.7. The van der Waals surface area contributed by atoms with Crippen molar-refractivity contribution in [1.82, 2.24) is 15.1 Å². The molecular formula is C29H27F3N4O2S. The van der Waals surface area contributed by atoms with E-state index in [-0.39, 0.29) is 36.0 Å². The molecule has 2 amide bonds. The number of rotatable bonds is 10. The third kappa shape index (κ3) is 7.73. The molecule has 0 radical (unpaired) electrons. The van der Waals surface area contributed by atoms with Gasteiger partial charge in [0, 0.05) is 24.9 Å². The average molecular weight is 553 g/mol. The first-order valence-electron chi connectivity index (χ1n) is 12.4. The smallest absolute Gasteiger partial charge is 0.335 e. The number of nitrogens with zero attached hydrogens (tertiary/aromatic N) is 3. The Hall–Kier alpha value is -4.05. The second-order valence-electron chi connectivity index (χ2n) is 8.95. The number of hydrogen-bond acceptors (Lipinski definition) is 5. The largest absolute Gasteiger partial charge is 0.416 e. The number of carbonyl (C=O) groups excluding carboxylic acids is 2. The van der Waals surface area contributed by atoms with E-state index in [0.29, 0.717) is 23.4 Å². The van der Waals surface area contributed by atoms with Crippen molar-refractivity contribution in [3.05, 3.63) is 102 Å². The van der Waals surface area contributed by atoms with Gasteiger partial charge in [-0.1, -0.05) is 84.1 Å². The number of halogens is 3. The van der Waals surface area contributed by atoms with Crippen LogP contribution in [0.15, 0.2) is 84.9 Å². The molecule has 1 heterocycles. The van der Waals surface area contributed by atoms with Gasteiger partial charge in [0.2, 0.25) is 16.9 Å². The molecule has 0 aliphatic heterocycles. The van der Waals surface area contributed by atoms with Crippen molar-refractivity contribution >= 4 is 28.3 Å². The first-order valence-corrected chi connectivity index (χ1v) is 13.2. The zero-order valence-electron chi connectivity index (χ0n) is 21.2. The SMILES string of the molecule is CC(c1ccccc1)N(CCC(=O)Nc1nnc(-c2ccc(C(F)(F)F)cc2)s1)C(=O)CCc1ccccc1. The summed E-state index contributed by atoms with van der Waals surface area (Å²) in [6, 6.07) is 23.8. The average Bonchev–Trinajstić information content (AvgIpc) is 3.41. The number of aryl methyl sites for hydroxylation is 1. The van der Waals surface area contributed by atoms with Crippen LogP contribution >= 0.6 is 11.3 Å².